The number of nitrogens with zero attached hydrogens (tertiary/aromatic N) is 2. The summed E-state index contributed by atoms with van der Waals surface area (Å²) in [6.07, 6.45) is 1.77. The summed E-state index contributed by atoms with van der Waals surface area (Å²) in [4.78, 5) is 28.7. The van der Waals surface area contributed by atoms with Gasteiger partial charge in [-0.1, -0.05) is 66.9 Å². The highest BCUT2D eigenvalue weighted by atomic mass is 32.2. The quantitative estimate of drug-likeness (QED) is 0.297. The molecule has 1 atom stereocenters. The fourth-order valence-corrected chi connectivity index (χ4v) is 5.98. The fraction of sp³-hybridized carbons (Fsp3) is 0.375. The average Bonchev–Trinajstić information content (AvgIpc) is 2.89. The Hall–Kier alpha value is -3.65. The van der Waals surface area contributed by atoms with E-state index in [2.05, 4.69) is 5.32 Å². The number of unbranched alkanes of at least 4 members (excludes halogenated alkanes) is 1. The summed E-state index contributed by atoms with van der Waals surface area (Å²) >= 11 is 0. The van der Waals surface area contributed by atoms with Crippen molar-refractivity contribution in [2.45, 2.75) is 71.9 Å². The number of rotatable bonds is 12. The molecule has 0 bridgehead atoms. The minimum atomic E-state index is -4.09. The third kappa shape index (κ3) is 7.94. The Morgan fingerprint density at radius 2 is 1.50 bits per heavy atom. The molecule has 3 rings (SSSR count). The van der Waals surface area contributed by atoms with E-state index >= 15 is 0 Å². The number of benzene rings is 3. The van der Waals surface area contributed by atoms with Crippen LogP contribution in [0.4, 0.5) is 5.69 Å². The van der Waals surface area contributed by atoms with Crippen molar-refractivity contribution in [3.8, 4) is 0 Å². The van der Waals surface area contributed by atoms with E-state index in [9.17, 15) is 18.0 Å². The van der Waals surface area contributed by atoms with E-state index in [-0.39, 0.29) is 17.3 Å². The van der Waals surface area contributed by atoms with Crippen LogP contribution in [0.5, 0.6) is 0 Å². The van der Waals surface area contributed by atoms with Gasteiger partial charge in [-0.2, -0.15) is 0 Å². The molecule has 0 aromatic heterocycles. The Labute approximate surface area is 239 Å². The molecule has 40 heavy (non-hydrogen) atoms. The van der Waals surface area contributed by atoms with Crippen molar-refractivity contribution in [1.29, 1.82) is 0 Å². The topological polar surface area (TPSA) is 86.8 Å². The molecule has 0 saturated heterocycles. The van der Waals surface area contributed by atoms with Gasteiger partial charge in [0.05, 0.1) is 10.6 Å². The number of sulfonamides is 1. The van der Waals surface area contributed by atoms with E-state index in [1.165, 1.54) is 4.90 Å². The van der Waals surface area contributed by atoms with Crippen LogP contribution in [-0.2, 0) is 26.2 Å². The van der Waals surface area contributed by atoms with Crippen molar-refractivity contribution in [2.75, 3.05) is 17.4 Å². The number of aryl methyl sites for hydroxylation is 4. The molecule has 0 spiro atoms. The molecule has 7 nitrogen and oxygen atoms in total. The summed E-state index contributed by atoms with van der Waals surface area (Å²) in [7, 11) is -4.09. The zero-order valence-corrected chi connectivity index (χ0v) is 25.2. The summed E-state index contributed by atoms with van der Waals surface area (Å²) in [6.45, 7) is 11.6. The first-order valence-corrected chi connectivity index (χ1v) is 15.2. The number of carbonyl (C=O) groups is 2. The first-order chi connectivity index (χ1) is 18.9. The monoisotopic (exact) mass is 563 g/mol. The van der Waals surface area contributed by atoms with E-state index in [0.29, 0.717) is 12.2 Å². The van der Waals surface area contributed by atoms with E-state index in [0.717, 1.165) is 45.0 Å². The summed E-state index contributed by atoms with van der Waals surface area (Å²) < 4.78 is 29.1. The largest absolute Gasteiger partial charge is 0.354 e. The fourth-order valence-electron chi connectivity index (χ4n) is 4.59. The maximum atomic E-state index is 14.0. The maximum Gasteiger partial charge on any atom is 0.264 e. The van der Waals surface area contributed by atoms with E-state index < -0.39 is 28.5 Å². The Kier molecular flexibility index (Phi) is 10.5. The van der Waals surface area contributed by atoms with Crippen LogP contribution in [-0.4, -0.2) is 44.3 Å². The molecule has 3 aromatic carbocycles. The first-order valence-electron chi connectivity index (χ1n) is 13.7. The van der Waals surface area contributed by atoms with Gasteiger partial charge in [0.2, 0.25) is 11.8 Å². The second-order valence-electron chi connectivity index (χ2n) is 10.5. The van der Waals surface area contributed by atoms with Crippen LogP contribution in [0.15, 0.2) is 71.6 Å². The zero-order chi connectivity index (χ0) is 29.4. The van der Waals surface area contributed by atoms with Crippen LogP contribution >= 0.6 is 0 Å². The lowest BCUT2D eigenvalue weighted by molar-refractivity contribution is -0.139. The molecular weight excluding hydrogens is 522 g/mol. The number of anilines is 1. The molecule has 0 unspecified atom stereocenters. The number of hydrogen-bond donors (Lipinski definition) is 1. The Balaban J connectivity index is 2.03. The van der Waals surface area contributed by atoms with Crippen LogP contribution in [0.25, 0.3) is 0 Å². The second-order valence-corrected chi connectivity index (χ2v) is 12.4. The van der Waals surface area contributed by atoms with Gasteiger partial charge in [-0.05, 0) is 82.0 Å². The maximum absolute atomic E-state index is 14.0. The predicted molar refractivity (Wildman–Crippen MR) is 161 cm³/mol. The van der Waals surface area contributed by atoms with E-state index in [1.807, 2.05) is 65.0 Å². The van der Waals surface area contributed by atoms with Crippen LogP contribution in [0.2, 0.25) is 0 Å². The summed E-state index contributed by atoms with van der Waals surface area (Å²) in [5, 5.41) is 2.91. The van der Waals surface area contributed by atoms with Gasteiger partial charge < -0.3 is 10.2 Å². The molecule has 8 heteroatoms. The number of nitrogens with one attached hydrogen (secondary N) is 1. The van der Waals surface area contributed by atoms with Gasteiger partial charge in [-0.15, -0.1) is 0 Å². The smallest absolute Gasteiger partial charge is 0.264 e. The van der Waals surface area contributed by atoms with Gasteiger partial charge in [-0.25, -0.2) is 8.42 Å². The SMILES string of the molecule is CCCCNC(=O)[C@H](C)N(Cc1cccc(C)c1)C(=O)CN(c1cc(C)cc(C)c1)S(=O)(=O)c1ccc(C)cc1. The molecule has 0 fully saturated rings. The van der Waals surface area contributed by atoms with Crippen molar-refractivity contribution in [3.05, 3.63) is 94.5 Å². The Morgan fingerprint density at radius 3 is 2.10 bits per heavy atom. The second kappa shape index (κ2) is 13.6. The van der Waals surface area contributed by atoms with Crippen LogP contribution in [0, 0.1) is 27.7 Å². The van der Waals surface area contributed by atoms with Crippen LogP contribution in [0.3, 0.4) is 0 Å². The van der Waals surface area contributed by atoms with Crippen molar-refractivity contribution in [1.82, 2.24) is 10.2 Å². The highest BCUT2D eigenvalue weighted by molar-refractivity contribution is 7.92. The molecule has 0 aliphatic carbocycles. The van der Waals surface area contributed by atoms with Crippen LogP contribution in [0.1, 0.15) is 54.5 Å². The third-order valence-electron chi connectivity index (χ3n) is 6.81. The van der Waals surface area contributed by atoms with Gasteiger partial charge in [0.25, 0.3) is 10.0 Å². The minimum Gasteiger partial charge on any atom is -0.354 e. The standard InChI is InChI=1S/C32H41N3O4S/c1-7-8-16-33-32(37)27(6)34(21-28-11-9-10-24(3)18-28)31(36)22-35(29-19-25(4)17-26(5)20-29)40(38,39)30-14-12-23(2)13-15-30/h9-15,17-20,27H,7-8,16,21-22H2,1-6H3,(H,33,37)/t27-/m0/s1. The third-order valence-corrected chi connectivity index (χ3v) is 8.60. The Morgan fingerprint density at radius 1 is 0.850 bits per heavy atom. The first kappa shape index (κ1) is 30.9. The lowest BCUT2D eigenvalue weighted by Gasteiger charge is -2.32. The van der Waals surface area contributed by atoms with Crippen LogP contribution < -0.4 is 9.62 Å². The minimum absolute atomic E-state index is 0.0978. The number of carbonyl (C=O) groups excluding carboxylic acids is 2. The lowest BCUT2D eigenvalue weighted by atomic mass is 10.1. The number of hydrogen-bond acceptors (Lipinski definition) is 4. The summed E-state index contributed by atoms with van der Waals surface area (Å²) in [5.74, 6) is -0.733. The summed E-state index contributed by atoms with van der Waals surface area (Å²) in [6, 6.07) is 19.0. The molecule has 2 amide bonds. The van der Waals surface area contributed by atoms with Gasteiger partial charge in [-0.3, -0.25) is 13.9 Å². The molecule has 3 aromatic rings. The molecular formula is C32H41N3O4S. The molecule has 0 aliphatic rings. The van der Waals surface area contributed by atoms with Gasteiger partial charge in [0.1, 0.15) is 12.6 Å². The highest BCUT2D eigenvalue weighted by Gasteiger charge is 2.32. The van der Waals surface area contributed by atoms with Crippen molar-refractivity contribution >= 4 is 27.5 Å². The normalized spacial score (nSPS) is 12.1. The lowest BCUT2D eigenvalue weighted by Crippen LogP contribution is -2.51. The molecule has 1 N–H and O–H groups in total. The predicted octanol–water partition coefficient (Wildman–Crippen LogP) is 5.45. The molecule has 0 aliphatic heterocycles. The van der Waals surface area contributed by atoms with Crippen molar-refractivity contribution in [3.63, 3.8) is 0 Å². The Bertz CT molecular complexity index is 1410. The van der Waals surface area contributed by atoms with E-state index in [1.54, 1.807) is 43.3 Å². The average molecular weight is 564 g/mol. The zero-order valence-electron chi connectivity index (χ0n) is 24.4. The molecule has 0 saturated carbocycles. The van der Waals surface area contributed by atoms with E-state index in [4.69, 9.17) is 0 Å². The van der Waals surface area contributed by atoms with Gasteiger partial charge in [0.15, 0.2) is 0 Å². The summed E-state index contributed by atoms with van der Waals surface area (Å²) in [5.41, 5.74) is 4.99. The van der Waals surface area contributed by atoms with Gasteiger partial charge in [0, 0.05) is 13.1 Å². The highest BCUT2D eigenvalue weighted by Crippen LogP contribution is 2.27. The van der Waals surface area contributed by atoms with Gasteiger partial charge >= 0.3 is 0 Å². The molecule has 214 valence electrons. The molecule has 0 heterocycles. The van der Waals surface area contributed by atoms with Crippen molar-refractivity contribution < 1.29 is 18.0 Å². The van der Waals surface area contributed by atoms with Crippen molar-refractivity contribution in [2.24, 2.45) is 0 Å². The molecule has 0 radical (unpaired) electrons. The number of amides is 2.